The molecule has 0 bridgehead atoms. The van der Waals surface area contributed by atoms with Gasteiger partial charge in [0.1, 0.15) is 11.5 Å². The summed E-state index contributed by atoms with van der Waals surface area (Å²) in [4.78, 5) is 12.9. The van der Waals surface area contributed by atoms with Gasteiger partial charge in [0.15, 0.2) is 0 Å². The largest absolute Gasteiger partial charge is 0.508 e. The number of primary amides is 1. The van der Waals surface area contributed by atoms with Crippen LogP contribution < -0.4 is 5.73 Å². The number of phenolic OH excluding ortho intramolecular Hbond substituents is 2. The molecule has 0 aromatic heterocycles. The molecule has 2 aromatic rings. The van der Waals surface area contributed by atoms with Crippen molar-refractivity contribution in [2.75, 3.05) is 0 Å². The zero-order valence-corrected chi connectivity index (χ0v) is 10.9. The lowest BCUT2D eigenvalue weighted by Crippen LogP contribution is -2.34. The molecule has 0 atom stereocenters. The topological polar surface area (TPSA) is 86.8 Å². The Bertz CT molecular complexity index is 566. The first kappa shape index (κ1) is 13.7. The number of carbonyl (C=O) groups excluding carboxylic acids is 1. The maximum absolute atomic E-state index is 11.5. The van der Waals surface area contributed by atoms with E-state index in [0.29, 0.717) is 11.1 Å². The molecule has 2 aromatic carbocycles. The summed E-state index contributed by atoms with van der Waals surface area (Å²) in [6.45, 7) is 0.354. The standard InChI is InChI=1S/C15H16N2O3/c16-15(20)17(9-11-5-1-3-7-13(11)18)10-12-6-2-4-8-14(12)19/h1-8,18-19H,9-10H2,(H2,16,20). The van der Waals surface area contributed by atoms with E-state index < -0.39 is 6.03 Å². The number of hydrogen-bond donors (Lipinski definition) is 3. The predicted molar refractivity (Wildman–Crippen MR) is 75.0 cm³/mol. The van der Waals surface area contributed by atoms with E-state index in [0.717, 1.165) is 0 Å². The lowest BCUT2D eigenvalue weighted by Gasteiger charge is -2.21. The van der Waals surface area contributed by atoms with Gasteiger partial charge in [0.2, 0.25) is 0 Å². The molecule has 0 aliphatic heterocycles. The number of para-hydroxylation sites is 2. The summed E-state index contributed by atoms with van der Waals surface area (Å²) in [7, 11) is 0. The fourth-order valence-electron chi connectivity index (χ4n) is 1.91. The highest BCUT2D eigenvalue weighted by atomic mass is 16.3. The zero-order valence-electron chi connectivity index (χ0n) is 10.9. The van der Waals surface area contributed by atoms with Gasteiger partial charge in [-0.15, -0.1) is 0 Å². The van der Waals surface area contributed by atoms with Gasteiger partial charge < -0.3 is 20.8 Å². The second kappa shape index (κ2) is 5.97. The van der Waals surface area contributed by atoms with E-state index in [-0.39, 0.29) is 24.6 Å². The van der Waals surface area contributed by atoms with Crippen molar-refractivity contribution < 1.29 is 15.0 Å². The molecule has 0 unspecified atom stereocenters. The maximum Gasteiger partial charge on any atom is 0.315 e. The number of carbonyl (C=O) groups is 1. The Hall–Kier alpha value is -2.69. The summed E-state index contributed by atoms with van der Waals surface area (Å²) in [6, 6.07) is 12.9. The first-order valence-corrected chi connectivity index (χ1v) is 6.16. The second-order valence-corrected chi connectivity index (χ2v) is 4.45. The van der Waals surface area contributed by atoms with E-state index in [1.807, 2.05) is 0 Å². The Morgan fingerprint density at radius 3 is 1.65 bits per heavy atom. The summed E-state index contributed by atoms with van der Waals surface area (Å²) >= 11 is 0. The number of amides is 2. The van der Waals surface area contributed by atoms with Gasteiger partial charge in [0.25, 0.3) is 0 Å². The van der Waals surface area contributed by atoms with Gasteiger partial charge in [-0.25, -0.2) is 4.79 Å². The second-order valence-electron chi connectivity index (χ2n) is 4.45. The number of urea groups is 1. The number of benzene rings is 2. The van der Waals surface area contributed by atoms with Crippen molar-refractivity contribution in [1.29, 1.82) is 0 Å². The minimum atomic E-state index is -0.614. The minimum absolute atomic E-state index is 0.107. The first-order chi connectivity index (χ1) is 9.58. The Kier molecular flexibility index (Phi) is 4.10. The van der Waals surface area contributed by atoms with E-state index in [4.69, 9.17) is 5.73 Å². The molecule has 0 saturated carbocycles. The van der Waals surface area contributed by atoms with Crippen molar-refractivity contribution >= 4 is 6.03 Å². The van der Waals surface area contributed by atoms with Crippen molar-refractivity contribution in [1.82, 2.24) is 4.90 Å². The molecule has 0 heterocycles. The van der Waals surface area contributed by atoms with Crippen LogP contribution in [0.3, 0.4) is 0 Å². The molecule has 0 aliphatic carbocycles. The summed E-state index contributed by atoms with van der Waals surface area (Å²) < 4.78 is 0. The lowest BCUT2D eigenvalue weighted by atomic mass is 10.1. The van der Waals surface area contributed by atoms with Crippen molar-refractivity contribution in [2.45, 2.75) is 13.1 Å². The van der Waals surface area contributed by atoms with E-state index in [1.165, 1.54) is 4.90 Å². The van der Waals surface area contributed by atoms with Crippen LogP contribution in [0.1, 0.15) is 11.1 Å². The molecule has 104 valence electrons. The molecule has 0 aliphatic rings. The highest BCUT2D eigenvalue weighted by molar-refractivity contribution is 5.72. The quantitative estimate of drug-likeness (QED) is 0.797. The Morgan fingerprint density at radius 1 is 0.900 bits per heavy atom. The minimum Gasteiger partial charge on any atom is -0.508 e. The number of aromatic hydroxyl groups is 2. The monoisotopic (exact) mass is 272 g/mol. The average molecular weight is 272 g/mol. The Balaban J connectivity index is 2.19. The summed E-state index contributed by atoms with van der Waals surface area (Å²) in [5, 5.41) is 19.5. The van der Waals surface area contributed by atoms with Crippen molar-refractivity contribution in [3.63, 3.8) is 0 Å². The summed E-state index contributed by atoms with van der Waals surface area (Å²) in [5.74, 6) is 0.215. The number of nitrogens with two attached hydrogens (primary N) is 1. The van der Waals surface area contributed by atoms with Gasteiger partial charge in [-0.2, -0.15) is 0 Å². The number of phenols is 2. The molecule has 2 amide bonds. The third-order valence-corrected chi connectivity index (χ3v) is 3.02. The SMILES string of the molecule is NC(=O)N(Cc1ccccc1O)Cc1ccccc1O. The molecular formula is C15H16N2O3. The molecule has 5 nitrogen and oxygen atoms in total. The van der Waals surface area contributed by atoms with Crippen molar-refractivity contribution in [3.05, 3.63) is 59.7 Å². The highest BCUT2D eigenvalue weighted by Crippen LogP contribution is 2.22. The molecule has 5 heteroatoms. The third-order valence-electron chi connectivity index (χ3n) is 3.02. The number of nitrogens with zero attached hydrogens (tertiary/aromatic N) is 1. The molecule has 0 radical (unpaired) electrons. The molecule has 2 rings (SSSR count). The first-order valence-electron chi connectivity index (χ1n) is 6.16. The predicted octanol–water partition coefficient (Wildman–Crippen LogP) is 2.18. The van der Waals surface area contributed by atoms with Crippen LogP contribution in [0.2, 0.25) is 0 Å². The van der Waals surface area contributed by atoms with Crippen LogP contribution in [-0.2, 0) is 13.1 Å². The van der Waals surface area contributed by atoms with Gasteiger partial charge in [-0.1, -0.05) is 36.4 Å². The molecular weight excluding hydrogens is 256 g/mol. The maximum atomic E-state index is 11.5. The average Bonchev–Trinajstić information content (AvgIpc) is 2.42. The third kappa shape index (κ3) is 3.20. The lowest BCUT2D eigenvalue weighted by molar-refractivity contribution is 0.201. The van der Waals surface area contributed by atoms with Gasteiger partial charge >= 0.3 is 6.03 Å². The molecule has 0 fully saturated rings. The van der Waals surface area contributed by atoms with Crippen LogP contribution in [0.25, 0.3) is 0 Å². The highest BCUT2D eigenvalue weighted by Gasteiger charge is 2.14. The Labute approximate surface area is 116 Å². The van der Waals surface area contributed by atoms with E-state index in [2.05, 4.69) is 0 Å². The van der Waals surface area contributed by atoms with E-state index >= 15 is 0 Å². The van der Waals surface area contributed by atoms with Crippen LogP contribution in [0, 0.1) is 0 Å². The van der Waals surface area contributed by atoms with Crippen LogP contribution >= 0.6 is 0 Å². The molecule has 4 N–H and O–H groups in total. The van der Waals surface area contributed by atoms with E-state index in [9.17, 15) is 15.0 Å². The van der Waals surface area contributed by atoms with Gasteiger partial charge in [0, 0.05) is 11.1 Å². The molecule has 20 heavy (non-hydrogen) atoms. The zero-order chi connectivity index (χ0) is 14.5. The fraction of sp³-hybridized carbons (Fsp3) is 0.133. The van der Waals surface area contributed by atoms with Gasteiger partial charge in [-0.3, -0.25) is 0 Å². The summed E-state index contributed by atoms with van der Waals surface area (Å²) in [6.07, 6.45) is 0. The summed E-state index contributed by atoms with van der Waals surface area (Å²) in [5.41, 5.74) is 6.55. The van der Waals surface area contributed by atoms with Crippen LogP contribution in [0.15, 0.2) is 48.5 Å². The van der Waals surface area contributed by atoms with E-state index in [1.54, 1.807) is 48.5 Å². The van der Waals surface area contributed by atoms with Crippen molar-refractivity contribution in [2.24, 2.45) is 5.73 Å². The van der Waals surface area contributed by atoms with Crippen LogP contribution in [-0.4, -0.2) is 21.1 Å². The van der Waals surface area contributed by atoms with Crippen molar-refractivity contribution in [3.8, 4) is 11.5 Å². The smallest absolute Gasteiger partial charge is 0.315 e. The number of hydrogen-bond acceptors (Lipinski definition) is 3. The van der Waals surface area contributed by atoms with Gasteiger partial charge in [0.05, 0.1) is 13.1 Å². The van der Waals surface area contributed by atoms with Gasteiger partial charge in [-0.05, 0) is 12.1 Å². The molecule has 0 spiro atoms. The van der Waals surface area contributed by atoms with Crippen LogP contribution in [0.5, 0.6) is 11.5 Å². The Morgan fingerprint density at radius 2 is 1.30 bits per heavy atom. The van der Waals surface area contributed by atoms with Crippen LogP contribution in [0.4, 0.5) is 4.79 Å². The normalized spacial score (nSPS) is 10.2. The molecule has 0 saturated heterocycles. The fourth-order valence-corrected chi connectivity index (χ4v) is 1.91. The number of rotatable bonds is 4.